The fraction of sp³-hybridized carbons (Fsp3) is 0.190. The number of aryl methyl sites for hydroxylation is 1. The van der Waals surface area contributed by atoms with Crippen LogP contribution < -0.4 is 4.74 Å². The van der Waals surface area contributed by atoms with Crippen molar-refractivity contribution in [2.75, 3.05) is 6.54 Å². The minimum atomic E-state index is -1.18. The normalized spacial score (nSPS) is 12.0. The van der Waals surface area contributed by atoms with E-state index in [0.29, 0.717) is 33.2 Å². The highest BCUT2D eigenvalue weighted by Gasteiger charge is 2.31. The molecule has 0 bridgehead atoms. The molecule has 2 aromatic carbocycles. The Morgan fingerprint density at radius 1 is 1.30 bits per heavy atom. The maximum absolute atomic E-state index is 13.5. The van der Waals surface area contributed by atoms with E-state index in [0.717, 1.165) is 4.90 Å². The number of carboxylic acid groups (broad SMARTS) is 1. The second-order valence-corrected chi connectivity index (χ2v) is 7.35. The van der Waals surface area contributed by atoms with Gasteiger partial charge in [-0.2, -0.15) is 5.10 Å². The maximum Gasteiger partial charge on any atom is 0.323 e. The molecule has 0 radical (unpaired) electrons. The van der Waals surface area contributed by atoms with Crippen LogP contribution in [0.4, 0.5) is 4.39 Å². The Labute approximate surface area is 176 Å². The third kappa shape index (κ3) is 3.73. The number of ether oxygens (including phenoxy) is 1. The van der Waals surface area contributed by atoms with Crippen LogP contribution in [0.2, 0.25) is 5.02 Å². The van der Waals surface area contributed by atoms with Crippen LogP contribution in [-0.2, 0) is 25.0 Å². The summed E-state index contributed by atoms with van der Waals surface area (Å²) in [4.78, 5) is 25.7. The lowest BCUT2D eigenvalue weighted by Crippen LogP contribution is -2.36. The van der Waals surface area contributed by atoms with E-state index >= 15 is 0 Å². The van der Waals surface area contributed by atoms with Gasteiger partial charge in [0.05, 0.1) is 5.69 Å². The molecule has 2 heterocycles. The van der Waals surface area contributed by atoms with E-state index in [9.17, 15) is 19.1 Å². The van der Waals surface area contributed by atoms with Crippen LogP contribution >= 0.6 is 11.6 Å². The van der Waals surface area contributed by atoms with Gasteiger partial charge in [0.15, 0.2) is 5.69 Å². The highest BCUT2D eigenvalue weighted by molar-refractivity contribution is 6.31. The summed E-state index contributed by atoms with van der Waals surface area (Å²) in [6.07, 6.45) is 0. The average Bonchev–Trinajstić information content (AvgIpc) is 3.03. The molecule has 1 amide bonds. The molecule has 4 rings (SSSR count). The smallest absolute Gasteiger partial charge is 0.323 e. The predicted molar refractivity (Wildman–Crippen MR) is 107 cm³/mol. The number of benzene rings is 2. The van der Waals surface area contributed by atoms with E-state index in [1.54, 1.807) is 36.0 Å². The van der Waals surface area contributed by atoms with Gasteiger partial charge in [-0.05, 0) is 35.9 Å². The molecule has 1 aromatic heterocycles. The van der Waals surface area contributed by atoms with Gasteiger partial charge < -0.3 is 14.7 Å². The number of carboxylic acids is 1. The summed E-state index contributed by atoms with van der Waals surface area (Å²) in [5, 5.41) is 14.1. The molecule has 0 saturated carbocycles. The first-order valence-electron chi connectivity index (χ1n) is 9.07. The molecule has 0 spiro atoms. The zero-order valence-corrected chi connectivity index (χ0v) is 16.7. The number of aromatic nitrogens is 2. The van der Waals surface area contributed by atoms with Crippen LogP contribution in [0.25, 0.3) is 11.3 Å². The Bertz CT molecular complexity index is 1160. The van der Waals surface area contributed by atoms with Crippen molar-refractivity contribution in [2.45, 2.75) is 13.2 Å². The van der Waals surface area contributed by atoms with Crippen LogP contribution in [0.1, 0.15) is 21.6 Å². The van der Waals surface area contributed by atoms with Crippen LogP contribution in [-0.4, -0.2) is 38.2 Å². The first-order chi connectivity index (χ1) is 14.3. The van der Waals surface area contributed by atoms with E-state index in [2.05, 4.69) is 5.10 Å². The fourth-order valence-corrected chi connectivity index (χ4v) is 3.72. The van der Waals surface area contributed by atoms with Crippen molar-refractivity contribution in [1.29, 1.82) is 0 Å². The van der Waals surface area contributed by atoms with E-state index in [4.69, 9.17) is 16.3 Å². The Kier molecular flexibility index (Phi) is 5.17. The molecule has 1 N–H and O–H groups in total. The number of halogens is 2. The summed E-state index contributed by atoms with van der Waals surface area (Å²) in [6, 6.07) is 10.9. The van der Waals surface area contributed by atoms with Crippen molar-refractivity contribution in [3.8, 4) is 17.0 Å². The maximum atomic E-state index is 13.5. The van der Waals surface area contributed by atoms with Crippen molar-refractivity contribution in [3.05, 3.63) is 70.1 Å². The molecule has 1 aliphatic rings. The Morgan fingerprint density at radius 2 is 2.10 bits per heavy atom. The minimum absolute atomic E-state index is 0.0719. The van der Waals surface area contributed by atoms with Gasteiger partial charge in [-0.3, -0.25) is 14.3 Å². The standard InChI is InChI=1S/C21H17ClFN3O4/c1-25-20-15-8-13(22)5-6-17(15)30-11-16(20)19(24-25)21(29)26(10-18(27)28)9-12-3-2-4-14(23)7-12/h2-8H,9-11H2,1H3,(H,27,28). The van der Waals surface area contributed by atoms with E-state index in [1.807, 2.05) is 0 Å². The SMILES string of the molecule is Cn1nc(C(=O)N(CC(=O)O)Cc2cccc(F)c2)c2c1-c1cc(Cl)ccc1OC2. The Balaban J connectivity index is 1.73. The summed E-state index contributed by atoms with van der Waals surface area (Å²) in [5.74, 6) is -1.60. The number of hydrogen-bond acceptors (Lipinski definition) is 4. The van der Waals surface area contributed by atoms with E-state index in [1.165, 1.54) is 18.2 Å². The lowest BCUT2D eigenvalue weighted by molar-refractivity contribution is -0.137. The molecule has 3 aromatic rings. The largest absolute Gasteiger partial charge is 0.488 e. The fourth-order valence-electron chi connectivity index (χ4n) is 3.54. The molecule has 0 fully saturated rings. The number of carbonyl (C=O) groups excluding carboxylic acids is 1. The topological polar surface area (TPSA) is 84.7 Å². The van der Waals surface area contributed by atoms with E-state index in [-0.39, 0.29) is 18.8 Å². The second kappa shape index (κ2) is 7.79. The van der Waals surface area contributed by atoms with Gasteiger partial charge in [-0.1, -0.05) is 23.7 Å². The molecular formula is C21H17ClFN3O4. The summed E-state index contributed by atoms with van der Waals surface area (Å²) in [7, 11) is 1.69. The monoisotopic (exact) mass is 429 g/mol. The van der Waals surface area contributed by atoms with Gasteiger partial charge in [0.25, 0.3) is 5.91 Å². The first kappa shape index (κ1) is 19.9. The highest BCUT2D eigenvalue weighted by Crippen LogP contribution is 2.40. The zero-order chi connectivity index (χ0) is 21.4. The van der Waals surface area contributed by atoms with Crippen molar-refractivity contribution in [1.82, 2.24) is 14.7 Å². The first-order valence-corrected chi connectivity index (χ1v) is 9.45. The molecular weight excluding hydrogens is 413 g/mol. The quantitative estimate of drug-likeness (QED) is 0.671. The van der Waals surface area contributed by atoms with Gasteiger partial charge in [-0.15, -0.1) is 0 Å². The number of hydrogen-bond donors (Lipinski definition) is 1. The third-order valence-corrected chi connectivity index (χ3v) is 5.03. The van der Waals surface area contributed by atoms with Gasteiger partial charge in [0.2, 0.25) is 0 Å². The number of carbonyl (C=O) groups is 2. The molecule has 0 unspecified atom stereocenters. The molecule has 1 aliphatic heterocycles. The van der Waals surface area contributed by atoms with Gasteiger partial charge in [0.1, 0.15) is 24.7 Å². The molecule has 0 aliphatic carbocycles. The van der Waals surface area contributed by atoms with Crippen LogP contribution in [0.5, 0.6) is 5.75 Å². The van der Waals surface area contributed by atoms with Crippen molar-refractivity contribution in [3.63, 3.8) is 0 Å². The molecule has 9 heteroatoms. The van der Waals surface area contributed by atoms with Crippen LogP contribution in [0.15, 0.2) is 42.5 Å². The summed E-state index contributed by atoms with van der Waals surface area (Å²) >= 11 is 6.12. The molecule has 154 valence electrons. The number of amides is 1. The highest BCUT2D eigenvalue weighted by atomic mass is 35.5. The minimum Gasteiger partial charge on any atom is -0.488 e. The van der Waals surface area contributed by atoms with E-state index < -0.39 is 24.2 Å². The molecule has 7 nitrogen and oxygen atoms in total. The lowest BCUT2D eigenvalue weighted by atomic mass is 10.0. The number of rotatable bonds is 5. The van der Waals surface area contributed by atoms with Crippen molar-refractivity contribution >= 4 is 23.5 Å². The number of nitrogens with zero attached hydrogens (tertiary/aromatic N) is 3. The third-order valence-electron chi connectivity index (χ3n) is 4.79. The van der Waals surface area contributed by atoms with Gasteiger partial charge in [-0.25, -0.2) is 4.39 Å². The molecule has 0 saturated heterocycles. The number of aliphatic carboxylic acids is 1. The second-order valence-electron chi connectivity index (χ2n) is 6.91. The Morgan fingerprint density at radius 3 is 2.83 bits per heavy atom. The summed E-state index contributed by atoms with van der Waals surface area (Å²) < 4.78 is 20.9. The lowest BCUT2D eigenvalue weighted by Gasteiger charge is -2.22. The molecule has 0 atom stereocenters. The van der Waals surface area contributed by atoms with Crippen molar-refractivity contribution < 1.29 is 23.8 Å². The average molecular weight is 430 g/mol. The van der Waals surface area contributed by atoms with Gasteiger partial charge in [0, 0.05) is 29.7 Å². The predicted octanol–water partition coefficient (Wildman–Crippen LogP) is 3.50. The summed E-state index contributed by atoms with van der Waals surface area (Å²) in [6.45, 7) is -0.513. The van der Waals surface area contributed by atoms with Crippen molar-refractivity contribution in [2.24, 2.45) is 7.05 Å². The number of fused-ring (bicyclic) bond motifs is 3. The van der Waals surface area contributed by atoms with Gasteiger partial charge >= 0.3 is 5.97 Å². The Hall–Kier alpha value is -3.39. The molecule has 30 heavy (non-hydrogen) atoms. The van der Waals surface area contributed by atoms with Crippen LogP contribution in [0.3, 0.4) is 0 Å². The van der Waals surface area contributed by atoms with Crippen LogP contribution in [0, 0.1) is 5.82 Å². The zero-order valence-electron chi connectivity index (χ0n) is 15.9. The summed E-state index contributed by atoms with van der Waals surface area (Å²) in [5.41, 5.74) is 2.50.